The number of carbonyl (C=O) groups excluding carboxylic acids is 2. The van der Waals surface area contributed by atoms with Gasteiger partial charge in [0.2, 0.25) is 11.8 Å². The summed E-state index contributed by atoms with van der Waals surface area (Å²) in [4.78, 5) is 28.3. The molecule has 2 aromatic carbocycles. The predicted octanol–water partition coefficient (Wildman–Crippen LogP) is 2.32. The number of benzene rings is 2. The van der Waals surface area contributed by atoms with E-state index in [9.17, 15) is 9.59 Å². The van der Waals surface area contributed by atoms with E-state index in [1.807, 2.05) is 0 Å². The van der Waals surface area contributed by atoms with Crippen LogP contribution in [0.5, 0.6) is 0 Å². The molecule has 0 spiro atoms. The lowest BCUT2D eigenvalue weighted by Crippen LogP contribution is -2.52. The minimum atomic E-state index is -0.0647. The van der Waals surface area contributed by atoms with Crippen LogP contribution in [0.2, 0.25) is 0 Å². The summed E-state index contributed by atoms with van der Waals surface area (Å²) in [6.45, 7) is 3.90. The van der Waals surface area contributed by atoms with E-state index in [2.05, 4.69) is 59.6 Å². The van der Waals surface area contributed by atoms with E-state index in [-0.39, 0.29) is 24.4 Å². The fourth-order valence-electron chi connectivity index (χ4n) is 3.76. The van der Waals surface area contributed by atoms with E-state index in [4.69, 9.17) is 0 Å². The summed E-state index contributed by atoms with van der Waals surface area (Å²) in [5.41, 5.74) is 1.24. The van der Waals surface area contributed by atoms with E-state index < -0.39 is 0 Å². The Labute approximate surface area is 154 Å². The molecule has 2 aliphatic rings. The normalized spacial score (nSPS) is 18.8. The average Bonchev–Trinajstić information content (AvgIpc) is 3.50. The van der Waals surface area contributed by atoms with Crippen molar-refractivity contribution >= 4 is 22.6 Å². The Kier molecular flexibility index (Phi) is 4.64. The zero-order valence-electron chi connectivity index (χ0n) is 15.1. The van der Waals surface area contributed by atoms with Crippen LogP contribution in [-0.4, -0.2) is 53.8 Å². The van der Waals surface area contributed by atoms with Gasteiger partial charge >= 0.3 is 0 Å². The van der Waals surface area contributed by atoms with Gasteiger partial charge in [-0.2, -0.15) is 0 Å². The molecule has 1 heterocycles. The number of nitrogens with zero attached hydrogens (tertiary/aromatic N) is 2. The lowest BCUT2D eigenvalue weighted by molar-refractivity contribution is -0.139. The van der Waals surface area contributed by atoms with Crippen LogP contribution in [0.4, 0.5) is 0 Å². The fourth-order valence-corrected chi connectivity index (χ4v) is 3.76. The lowest BCUT2D eigenvalue weighted by Gasteiger charge is -2.33. The Morgan fingerprint density at radius 3 is 2.73 bits per heavy atom. The fraction of sp³-hybridized carbons (Fsp3) is 0.429. The minimum absolute atomic E-state index is 0.0550. The van der Waals surface area contributed by atoms with Gasteiger partial charge in [-0.1, -0.05) is 36.4 Å². The second-order valence-corrected chi connectivity index (χ2v) is 7.35. The van der Waals surface area contributed by atoms with Crippen molar-refractivity contribution in [1.29, 1.82) is 0 Å². The summed E-state index contributed by atoms with van der Waals surface area (Å²) in [6.07, 6.45) is 2.29. The molecule has 26 heavy (non-hydrogen) atoms. The summed E-state index contributed by atoms with van der Waals surface area (Å²) < 4.78 is 0. The number of fused-ring (bicyclic) bond motifs is 1. The number of hydrogen-bond donors (Lipinski definition) is 1. The molecule has 0 bridgehead atoms. The maximum absolute atomic E-state index is 12.7. The zero-order chi connectivity index (χ0) is 18.1. The van der Waals surface area contributed by atoms with Crippen LogP contribution in [0.25, 0.3) is 10.8 Å². The van der Waals surface area contributed by atoms with Gasteiger partial charge in [0.25, 0.3) is 0 Å². The number of piperazine rings is 1. The molecular weight excluding hydrogens is 326 g/mol. The van der Waals surface area contributed by atoms with Crippen LogP contribution >= 0.6 is 0 Å². The van der Waals surface area contributed by atoms with Gasteiger partial charge in [0.1, 0.15) is 0 Å². The van der Waals surface area contributed by atoms with Crippen molar-refractivity contribution in [2.24, 2.45) is 0 Å². The molecule has 1 aliphatic carbocycles. The Bertz CT molecular complexity index is 831. The molecule has 0 aromatic heterocycles. The summed E-state index contributed by atoms with van der Waals surface area (Å²) >= 11 is 0. The van der Waals surface area contributed by atoms with Crippen molar-refractivity contribution in [3.63, 3.8) is 0 Å². The van der Waals surface area contributed by atoms with E-state index in [1.54, 1.807) is 4.90 Å². The zero-order valence-corrected chi connectivity index (χ0v) is 15.1. The van der Waals surface area contributed by atoms with Crippen LogP contribution in [0.15, 0.2) is 42.5 Å². The molecule has 5 heteroatoms. The van der Waals surface area contributed by atoms with Gasteiger partial charge in [-0.3, -0.25) is 14.5 Å². The smallest absolute Gasteiger partial charge is 0.239 e. The van der Waals surface area contributed by atoms with Gasteiger partial charge < -0.3 is 10.2 Å². The second kappa shape index (κ2) is 7.08. The highest BCUT2D eigenvalue weighted by molar-refractivity contribution is 5.87. The Morgan fingerprint density at radius 2 is 2.00 bits per heavy atom. The van der Waals surface area contributed by atoms with Crippen molar-refractivity contribution < 1.29 is 9.59 Å². The Hall–Kier alpha value is -2.40. The third kappa shape index (κ3) is 3.58. The largest absolute Gasteiger partial charge is 0.353 e. The maximum Gasteiger partial charge on any atom is 0.239 e. The molecule has 2 amide bonds. The highest BCUT2D eigenvalue weighted by atomic mass is 16.2. The summed E-state index contributed by atoms with van der Waals surface area (Å²) in [7, 11) is 0. The standard InChI is InChI=1S/C21H25N3O2/c1-15(17-7-6-16-4-2-3-5-18(16)12-17)24(19-8-9-19)14-21(26)23-11-10-22-20(25)13-23/h2-7,12,15,19H,8-11,13-14H2,1H3,(H,22,25). The number of nitrogens with one attached hydrogen (secondary N) is 1. The van der Waals surface area contributed by atoms with Gasteiger partial charge in [-0.05, 0) is 42.2 Å². The molecule has 1 N–H and O–H groups in total. The van der Waals surface area contributed by atoms with Crippen LogP contribution in [-0.2, 0) is 9.59 Å². The quantitative estimate of drug-likeness (QED) is 0.899. The lowest BCUT2D eigenvalue weighted by atomic mass is 10.0. The Morgan fingerprint density at radius 1 is 1.23 bits per heavy atom. The summed E-state index contributed by atoms with van der Waals surface area (Å²) in [5, 5.41) is 5.24. The van der Waals surface area contributed by atoms with Crippen molar-refractivity contribution in [1.82, 2.24) is 15.1 Å². The third-order valence-electron chi connectivity index (χ3n) is 5.48. The third-order valence-corrected chi connectivity index (χ3v) is 5.48. The predicted molar refractivity (Wildman–Crippen MR) is 102 cm³/mol. The Balaban J connectivity index is 1.51. The van der Waals surface area contributed by atoms with Crippen LogP contribution in [0.3, 0.4) is 0 Å². The maximum atomic E-state index is 12.7. The van der Waals surface area contributed by atoms with Crippen LogP contribution < -0.4 is 5.32 Å². The first-order chi connectivity index (χ1) is 12.6. The number of hydrogen-bond acceptors (Lipinski definition) is 3. The number of amides is 2. The molecule has 2 aromatic rings. The molecule has 4 rings (SSSR count). The van der Waals surface area contributed by atoms with Crippen molar-refractivity contribution in [2.75, 3.05) is 26.2 Å². The van der Waals surface area contributed by atoms with Crippen LogP contribution in [0.1, 0.15) is 31.4 Å². The molecule has 1 saturated carbocycles. The van der Waals surface area contributed by atoms with Gasteiger partial charge in [-0.25, -0.2) is 0 Å². The molecule has 1 unspecified atom stereocenters. The molecule has 1 atom stereocenters. The van der Waals surface area contributed by atoms with Gasteiger partial charge in [0.05, 0.1) is 13.1 Å². The highest BCUT2D eigenvalue weighted by Gasteiger charge is 2.35. The first kappa shape index (κ1) is 17.0. The second-order valence-electron chi connectivity index (χ2n) is 7.35. The SMILES string of the molecule is CC(c1ccc2ccccc2c1)N(CC(=O)N1CCNC(=O)C1)C1CC1. The van der Waals surface area contributed by atoms with E-state index in [0.29, 0.717) is 25.7 Å². The minimum Gasteiger partial charge on any atom is -0.353 e. The van der Waals surface area contributed by atoms with E-state index in [1.165, 1.54) is 16.3 Å². The molecule has 2 fully saturated rings. The van der Waals surface area contributed by atoms with Gasteiger partial charge in [0.15, 0.2) is 0 Å². The van der Waals surface area contributed by atoms with Gasteiger partial charge in [0, 0.05) is 25.2 Å². The number of carbonyl (C=O) groups is 2. The van der Waals surface area contributed by atoms with Crippen molar-refractivity contribution in [3.05, 3.63) is 48.0 Å². The van der Waals surface area contributed by atoms with E-state index >= 15 is 0 Å². The van der Waals surface area contributed by atoms with E-state index in [0.717, 1.165) is 12.8 Å². The van der Waals surface area contributed by atoms with Gasteiger partial charge in [-0.15, -0.1) is 0 Å². The van der Waals surface area contributed by atoms with Crippen LogP contribution in [0, 0.1) is 0 Å². The summed E-state index contributed by atoms with van der Waals surface area (Å²) in [6, 6.07) is 15.6. The first-order valence-electron chi connectivity index (χ1n) is 9.41. The molecule has 1 aliphatic heterocycles. The monoisotopic (exact) mass is 351 g/mol. The first-order valence-corrected chi connectivity index (χ1v) is 9.41. The molecular formula is C21H25N3O2. The van der Waals surface area contributed by atoms with Crippen molar-refractivity contribution in [3.8, 4) is 0 Å². The topological polar surface area (TPSA) is 52.7 Å². The molecule has 136 valence electrons. The molecule has 1 saturated heterocycles. The van der Waals surface area contributed by atoms with Crippen molar-refractivity contribution in [2.45, 2.75) is 31.8 Å². The highest BCUT2D eigenvalue weighted by Crippen LogP contribution is 2.35. The summed E-state index contributed by atoms with van der Waals surface area (Å²) in [5.74, 6) is -0.00969. The molecule has 0 radical (unpaired) electrons. The average molecular weight is 351 g/mol. The molecule has 5 nitrogen and oxygen atoms in total. The number of rotatable bonds is 5.